The van der Waals surface area contributed by atoms with E-state index in [-0.39, 0.29) is 32.3 Å². The number of carbonyl (C=O) groups is 2. The SMILES string of the molecule is CCOC(=O)COc1cc(COCC(=O)NCc2ccc(C#N)cc2)ccc1OC. The minimum Gasteiger partial charge on any atom is -0.493 e. The minimum absolute atomic E-state index is 0.110. The lowest BCUT2D eigenvalue weighted by Gasteiger charge is -2.12. The number of methoxy groups -OCH3 is 1. The number of amides is 1. The van der Waals surface area contributed by atoms with Crippen molar-refractivity contribution in [3.8, 4) is 17.6 Å². The van der Waals surface area contributed by atoms with E-state index in [1.165, 1.54) is 7.11 Å². The third-order valence-electron chi connectivity index (χ3n) is 3.95. The van der Waals surface area contributed by atoms with Gasteiger partial charge in [-0.2, -0.15) is 5.26 Å². The number of hydrogen-bond acceptors (Lipinski definition) is 7. The monoisotopic (exact) mass is 412 g/mol. The molecule has 0 aliphatic rings. The Morgan fingerprint density at radius 3 is 2.43 bits per heavy atom. The molecule has 1 amide bonds. The third-order valence-corrected chi connectivity index (χ3v) is 3.95. The van der Waals surface area contributed by atoms with Crippen LogP contribution in [-0.4, -0.2) is 38.8 Å². The molecular formula is C22H24N2O6. The van der Waals surface area contributed by atoms with Crippen molar-refractivity contribution in [3.63, 3.8) is 0 Å². The number of hydrogen-bond donors (Lipinski definition) is 1. The van der Waals surface area contributed by atoms with E-state index in [9.17, 15) is 9.59 Å². The van der Waals surface area contributed by atoms with Gasteiger partial charge in [-0.3, -0.25) is 4.79 Å². The normalized spacial score (nSPS) is 10.0. The standard InChI is InChI=1S/C22H24N2O6/c1-3-29-22(26)15-30-20-10-18(8-9-19(20)27-2)13-28-14-21(25)24-12-17-6-4-16(11-23)5-7-17/h4-10H,3,12-15H2,1-2H3,(H,24,25). The summed E-state index contributed by atoms with van der Waals surface area (Å²) in [5.41, 5.74) is 2.22. The summed E-state index contributed by atoms with van der Waals surface area (Å²) in [6, 6.07) is 14.2. The molecule has 0 spiro atoms. The third kappa shape index (κ3) is 7.45. The van der Waals surface area contributed by atoms with Gasteiger partial charge in [0.05, 0.1) is 32.0 Å². The summed E-state index contributed by atoms with van der Waals surface area (Å²) in [7, 11) is 1.50. The number of rotatable bonds is 11. The van der Waals surface area contributed by atoms with E-state index in [2.05, 4.69) is 5.32 Å². The molecule has 1 N–H and O–H groups in total. The Labute approximate surface area is 175 Å². The lowest BCUT2D eigenvalue weighted by Crippen LogP contribution is -2.27. The van der Waals surface area contributed by atoms with Gasteiger partial charge >= 0.3 is 5.97 Å². The molecular weight excluding hydrogens is 388 g/mol. The number of esters is 1. The summed E-state index contributed by atoms with van der Waals surface area (Å²) in [5, 5.41) is 11.5. The van der Waals surface area contributed by atoms with Gasteiger partial charge in [0, 0.05) is 6.54 Å². The lowest BCUT2D eigenvalue weighted by atomic mass is 10.1. The van der Waals surface area contributed by atoms with Gasteiger partial charge in [-0.25, -0.2) is 4.79 Å². The Hall–Kier alpha value is -3.57. The van der Waals surface area contributed by atoms with Crippen LogP contribution in [0.4, 0.5) is 0 Å². The molecule has 2 aromatic rings. The Morgan fingerprint density at radius 2 is 1.77 bits per heavy atom. The van der Waals surface area contributed by atoms with Crippen LogP contribution in [0.2, 0.25) is 0 Å². The Balaban J connectivity index is 1.80. The van der Waals surface area contributed by atoms with Crippen molar-refractivity contribution in [2.75, 3.05) is 26.9 Å². The number of nitrogens with one attached hydrogen (secondary N) is 1. The van der Waals surface area contributed by atoms with Crippen LogP contribution >= 0.6 is 0 Å². The maximum Gasteiger partial charge on any atom is 0.344 e. The predicted molar refractivity (Wildman–Crippen MR) is 108 cm³/mol. The number of benzene rings is 2. The fourth-order valence-electron chi connectivity index (χ4n) is 2.47. The topological polar surface area (TPSA) is 107 Å². The molecule has 0 bridgehead atoms. The second kappa shape index (κ2) is 12.1. The molecule has 8 nitrogen and oxygen atoms in total. The second-order valence-corrected chi connectivity index (χ2v) is 6.16. The van der Waals surface area contributed by atoms with E-state index in [4.69, 9.17) is 24.2 Å². The van der Waals surface area contributed by atoms with Crippen LogP contribution in [0.5, 0.6) is 11.5 Å². The zero-order valence-electron chi connectivity index (χ0n) is 17.0. The van der Waals surface area contributed by atoms with Gasteiger partial charge in [-0.1, -0.05) is 18.2 Å². The Morgan fingerprint density at radius 1 is 1.03 bits per heavy atom. The van der Waals surface area contributed by atoms with Crippen LogP contribution in [0.1, 0.15) is 23.6 Å². The molecule has 2 aromatic carbocycles. The predicted octanol–water partition coefficient (Wildman–Crippen LogP) is 2.34. The summed E-state index contributed by atoms with van der Waals surface area (Å²) < 4.78 is 21.0. The highest BCUT2D eigenvalue weighted by molar-refractivity contribution is 5.77. The molecule has 0 radical (unpaired) electrons. The molecule has 2 rings (SSSR count). The van der Waals surface area contributed by atoms with Crippen molar-refractivity contribution in [2.45, 2.75) is 20.1 Å². The van der Waals surface area contributed by atoms with E-state index < -0.39 is 5.97 Å². The first-order valence-electron chi connectivity index (χ1n) is 9.34. The summed E-state index contributed by atoms with van der Waals surface area (Å²) >= 11 is 0. The first-order valence-corrected chi connectivity index (χ1v) is 9.34. The van der Waals surface area contributed by atoms with Crippen molar-refractivity contribution in [1.29, 1.82) is 5.26 Å². The van der Waals surface area contributed by atoms with Gasteiger partial charge in [0.15, 0.2) is 18.1 Å². The van der Waals surface area contributed by atoms with Crippen molar-refractivity contribution in [3.05, 3.63) is 59.2 Å². The number of ether oxygens (including phenoxy) is 4. The number of nitrogens with zero attached hydrogens (tertiary/aromatic N) is 1. The van der Waals surface area contributed by atoms with Crippen molar-refractivity contribution < 1.29 is 28.5 Å². The van der Waals surface area contributed by atoms with Crippen molar-refractivity contribution in [1.82, 2.24) is 5.32 Å². The zero-order chi connectivity index (χ0) is 21.8. The fourth-order valence-corrected chi connectivity index (χ4v) is 2.47. The maximum absolute atomic E-state index is 12.0. The van der Waals surface area contributed by atoms with E-state index in [1.54, 1.807) is 49.4 Å². The first-order chi connectivity index (χ1) is 14.5. The quantitative estimate of drug-likeness (QED) is 0.565. The summed E-state index contributed by atoms with van der Waals surface area (Å²) in [6.07, 6.45) is 0. The van der Waals surface area contributed by atoms with E-state index in [0.29, 0.717) is 23.6 Å². The van der Waals surface area contributed by atoms with E-state index in [0.717, 1.165) is 11.1 Å². The smallest absolute Gasteiger partial charge is 0.344 e. The summed E-state index contributed by atoms with van der Waals surface area (Å²) in [4.78, 5) is 23.4. The molecule has 30 heavy (non-hydrogen) atoms. The molecule has 158 valence electrons. The van der Waals surface area contributed by atoms with Crippen LogP contribution in [0.25, 0.3) is 0 Å². The molecule has 0 aliphatic heterocycles. The number of nitriles is 1. The molecule has 0 atom stereocenters. The number of carbonyl (C=O) groups excluding carboxylic acids is 2. The zero-order valence-corrected chi connectivity index (χ0v) is 17.0. The molecule has 0 saturated heterocycles. The highest BCUT2D eigenvalue weighted by Crippen LogP contribution is 2.28. The lowest BCUT2D eigenvalue weighted by molar-refractivity contribution is -0.145. The van der Waals surface area contributed by atoms with E-state index in [1.807, 2.05) is 6.07 Å². The van der Waals surface area contributed by atoms with Crippen LogP contribution < -0.4 is 14.8 Å². The van der Waals surface area contributed by atoms with Crippen LogP contribution in [-0.2, 0) is 32.2 Å². The Kier molecular flexibility index (Phi) is 9.16. The van der Waals surface area contributed by atoms with Gasteiger partial charge in [0.2, 0.25) is 5.91 Å². The van der Waals surface area contributed by atoms with Crippen LogP contribution in [0, 0.1) is 11.3 Å². The molecule has 0 heterocycles. The largest absolute Gasteiger partial charge is 0.493 e. The Bertz CT molecular complexity index is 889. The maximum atomic E-state index is 12.0. The fraction of sp³-hybridized carbons (Fsp3) is 0.318. The van der Waals surface area contributed by atoms with Crippen molar-refractivity contribution in [2.24, 2.45) is 0 Å². The van der Waals surface area contributed by atoms with Gasteiger partial charge in [-0.05, 0) is 42.3 Å². The second-order valence-electron chi connectivity index (χ2n) is 6.16. The van der Waals surface area contributed by atoms with Crippen molar-refractivity contribution >= 4 is 11.9 Å². The molecule has 0 saturated carbocycles. The van der Waals surface area contributed by atoms with Gasteiger partial charge in [0.25, 0.3) is 0 Å². The summed E-state index contributed by atoms with van der Waals surface area (Å²) in [5.74, 6) is 0.131. The molecule has 0 fully saturated rings. The molecule has 0 aromatic heterocycles. The van der Waals surface area contributed by atoms with Crippen LogP contribution in [0.3, 0.4) is 0 Å². The van der Waals surface area contributed by atoms with Gasteiger partial charge in [-0.15, -0.1) is 0 Å². The van der Waals surface area contributed by atoms with Crippen LogP contribution in [0.15, 0.2) is 42.5 Å². The molecule has 0 unspecified atom stereocenters. The highest BCUT2D eigenvalue weighted by atomic mass is 16.6. The summed E-state index contributed by atoms with van der Waals surface area (Å²) in [6.45, 7) is 2.19. The average Bonchev–Trinajstić information content (AvgIpc) is 2.77. The average molecular weight is 412 g/mol. The highest BCUT2D eigenvalue weighted by Gasteiger charge is 2.10. The van der Waals surface area contributed by atoms with Gasteiger partial charge in [0.1, 0.15) is 6.61 Å². The van der Waals surface area contributed by atoms with Gasteiger partial charge < -0.3 is 24.3 Å². The first kappa shape index (κ1) is 22.7. The molecule has 8 heteroatoms. The van der Waals surface area contributed by atoms with E-state index >= 15 is 0 Å². The minimum atomic E-state index is -0.472. The molecule has 0 aliphatic carbocycles.